The summed E-state index contributed by atoms with van der Waals surface area (Å²) in [5.74, 6) is 0.924. The smallest absolute Gasteiger partial charge is 0.115 e. The van der Waals surface area contributed by atoms with Crippen LogP contribution in [-0.2, 0) is 0 Å². The second-order valence-electron chi connectivity index (χ2n) is 3.65. The highest BCUT2D eigenvalue weighted by molar-refractivity contribution is 5.05. The lowest BCUT2D eigenvalue weighted by atomic mass is 10.1. The van der Waals surface area contributed by atoms with E-state index in [2.05, 4.69) is 15.3 Å². The topological polar surface area (TPSA) is 37.8 Å². The van der Waals surface area contributed by atoms with Crippen molar-refractivity contribution in [3.63, 3.8) is 0 Å². The van der Waals surface area contributed by atoms with E-state index < -0.39 is 0 Å². The summed E-state index contributed by atoms with van der Waals surface area (Å²) < 4.78 is 0. The van der Waals surface area contributed by atoms with Crippen molar-refractivity contribution in [2.45, 2.75) is 25.3 Å². The molecule has 3 heteroatoms. The molecule has 1 fully saturated rings. The lowest BCUT2D eigenvalue weighted by Crippen LogP contribution is -2.18. The van der Waals surface area contributed by atoms with Crippen molar-refractivity contribution in [1.82, 2.24) is 15.3 Å². The molecule has 1 unspecified atom stereocenters. The number of aromatic nitrogens is 2. The van der Waals surface area contributed by atoms with E-state index in [-0.39, 0.29) is 0 Å². The molecule has 1 heterocycles. The number of nitrogens with zero attached hydrogens (tertiary/aromatic N) is 2. The van der Waals surface area contributed by atoms with Crippen molar-refractivity contribution in [3.05, 3.63) is 24.3 Å². The minimum Gasteiger partial charge on any atom is -0.312 e. The third-order valence-electron chi connectivity index (χ3n) is 2.58. The van der Waals surface area contributed by atoms with Crippen LogP contribution in [0.15, 0.2) is 18.6 Å². The van der Waals surface area contributed by atoms with E-state index in [4.69, 9.17) is 0 Å². The van der Waals surface area contributed by atoms with Crippen LogP contribution in [0.5, 0.6) is 0 Å². The van der Waals surface area contributed by atoms with Gasteiger partial charge in [0.2, 0.25) is 0 Å². The first-order valence-corrected chi connectivity index (χ1v) is 4.83. The molecule has 13 heavy (non-hydrogen) atoms. The van der Waals surface area contributed by atoms with Crippen LogP contribution in [0.25, 0.3) is 0 Å². The van der Waals surface area contributed by atoms with Gasteiger partial charge in [-0.15, -0.1) is 0 Å². The fraction of sp³-hybridized carbons (Fsp3) is 0.600. The van der Waals surface area contributed by atoms with Gasteiger partial charge >= 0.3 is 0 Å². The van der Waals surface area contributed by atoms with Crippen molar-refractivity contribution in [3.8, 4) is 0 Å². The Morgan fingerprint density at radius 2 is 2.46 bits per heavy atom. The van der Waals surface area contributed by atoms with E-state index >= 15 is 0 Å². The molecular weight excluding hydrogens is 162 g/mol. The molecular formula is C10H15N3. The molecule has 1 aromatic rings. The highest BCUT2D eigenvalue weighted by Gasteiger charge is 2.25. The average Bonchev–Trinajstić information content (AvgIpc) is 2.99. The van der Waals surface area contributed by atoms with Crippen LogP contribution < -0.4 is 5.32 Å². The Balaban J connectivity index is 2.02. The van der Waals surface area contributed by atoms with Crippen LogP contribution in [0.4, 0.5) is 0 Å². The molecule has 1 saturated carbocycles. The van der Waals surface area contributed by atoms with Crippen molar-refractivity contribution in [2.75, 3.05) is 7.05 Å². The van der Waals surface area contributed by atoms with E-state index in [9.17, 15) is 0 Å². The van der Waals surface area contributed by atoms with Gasteiger partial charge in [-0.3, -0.25) is 0 Å². The molecule has 1 atom stereocenters. The zero-order valence-corrected chi connectivity index (χ0v) is 7.90. The first kappa shape index (κ1) is 8.63. The largest absolute Gasteiger partial charge is 0.312 e. The second-order valence-corrected chi connectivity index (χ2v) is 3.65. The van der Waals surface area contributed by atoms with Gasteiger partial charge in [-0.2, -0.15) is 0 Å². The van der Waals surface area contributed by atoms with Crippen LogP contribution in [0.2, 0.25) is 0 Å². The summed E-state index contributed by atoms with van der Waals surface area (Å²) in [6.07, 6.45) is 7.42. The number of hydrogen-bond donors (Lipinski definition) is 1. The molecule has 2 rings (SSSR count). The van der Waals surface area contributed by atoms with Gasteiger partial charge < -0.3 is 5.32 Å². The molecule has 1 aliphatic carbocycles. The predicted molar refractivity (Wildman–Crippen MR) is 51.2 cm³/mol. The molecule has 1 N–H and O–H groups in total. The van der Waals surface area contributed by atoms with E-state index in [1.807, 2.05) is 13.1 Å². The monoisotopic (exact) mass is 177 g/mol. The van der Waals surface area contributed by atoms with Crippen molar-refractivity contribution < 1.29 is 0 Å². The van der Waals surface area contributed by atoms with Crippen molar-refractivity contribution >= 4 is 0 Å². The van der Waals surface area contributed by atoms with Gasteiger partial charge in [-0.05, 0) is 25.5 Å². The minimum atomic E-state index is 0.412. The SMILES string of the molecule is CNC(CC1CC1)c1ccncn1. The van der Waals surface area contributed by atoms with Crippen molar-refractivity contribution in [2.24, 2.45) is 5.92 Å². The number of rotatable bonds is 4. The van der Waals surface area contributed by atoms with Crippen LogP contribution in [-0.4, -0.2) is 17.0 Å². The average molecular weight is 177 g/mol. The van der Waals surface area contributed by atoms with Crippen molar-refractivity contribution in [1.29, 1.82) is 0 Å². The molecule has 1 aromatic heterocycles. The van der Waals surface area contributed by atoms with Crippen LogP contribution in [0.1, 0.15) is 31.0 Å². The Hall–Kier alpha value is -0.960. The summed E-state index contributed by atoms with van der Waals surface area (Å²) in [5, 5.41) is 3.30. The van der Waals surface area contributed by atoms with E-state index in [0.717, 1.165) is 11.6 Å². The zero-order chi connectivity index (χ0) is 9.10. The summed E-state index contributed by atoms with van der Waals surface area (Å²) in [4.78, 5) is 8.18. The molecule has 0 radical (unpaired) electrons. The quantitative estimate of drug-likeness (QED) is 0.758. The predicted octanol–water partition coefficient (Wildman–Crippen LogP) is 1.54. The van der Waals surface area contributed by atoms with Gasteiger partial charge in [0.1, 0.15) is 6.33 Å². The van der Waals surface area contributed by atoms with E-state index in [1.165, 1.54) is 19.3 Å². The normalized spacial score (nSPS) is 18.5. The maximum Gasteiger partial charge on any atom is 0.115 e. The fourth-order valence-electron chi connectivity index (χ4n) is 1.58. The van der Waals surface area contributed by atoms with Gasteiger partial charge in [0.15, 0.2) is 0 Å². The Bertz CT molecular complexity index is 256. The first-order chi connectivity index (χ1) is 6.40. The molecule has 3 nitrogen and oxygen atoms in total. The Morgan fingerprint density at radius 3 is 3.00 bits per heavy atom. The van der Waals surface area contributed by atoms with Crippen LogP contribution in [0.3, 0.4) is 0 Å². The lowest BCUT2D eigenvalue weighted by molar-refractivity contribution is 0.502. The van der Waals surface area contributed by atoms with Gasteiger partial charge in [0.25, 0.3) is 0 Å². The summed E-state index contributed by atoms with van der Waals surface area (Å²) in [5.41, 5.74) is 1.12. The summed E-state index contributed by atoms with van der Waals surface area (Å²) >= 11 is 0. The summed E-state index contributed by atoms with van der Waals surface area (Å²) in [6.45, 7) is 0. The molecule has 0 aliphatic heterocycles. The Kier molecular flexibility index (Phi) is 2.54. The van der Waals surface area contributed by atoms with E-state index in [0.29, 0.717) is 6.04 Å². The summed E-state index contributed by atoms with van der Waals surface area (Å²) in [7, 11) is 2.00. The molecule has 0 bridgehead atoms. The number of hydrogen-bond acceptors (Lipinski definition) is 3. The molecule has 0 spiro atoms. The second kappa shape index (κ2) is 3.83. The van der Waals surface area contributed by atoms with Crippen LogP contribution >= 0.6 is 0 Å². The van der Waals surface area contributed by atoms with Gasteiger partial charge in [0, 0.05) is 12.2 Å². The van der Waals surface area contributed by atoms with E-state index in [1.54, 1.807) is 12.5 Å². The molecule has 0 aromatic carbocycles. The standard InChI is InChI=1S/C10H15N3/c1-11-10(6-8-2-3-8)9-4-5-12-7-13-9/h4-5,7-8,10-11H,2-3,6H2,1H3. The van der Waals surface area contributed by atoms with Gasteiger partial charge in [-0.25, -0.2) is 9.97 Å². The lowest BCUT2D eigenvalue weighted by Gasteiger charge is -2.14. The maximum atomic E-state index is 4.26. The van der Waals surface area contributed by atoms with Gasteiger partial charge in [0.05, 0.1) is 5.69 Å². The Labute approximate surface area is 78.6 Å². The Morgan fingerprint density at radius 1 is 1.62 bits per heavy atom. The first-order valence-electron chi connectivity index (χ1n) is 4.83. The molecule has 0 saturated heterocycles. The van der Waals surface area contributed by atoms with Crippen LogP contribution in [0, 0.1) is 5.92 Å². The van der Waals surface area contributed by atoms with Gasteiger partial charge in [-0.1, -0.05) is 12.8 Å². The highest BCUT2D eigenvalue weighted by atomic mass is 14.9. The fourth-order valence-corrected chi connectivity index (χ4v) is 1.58. The molecule has 1 aliphatic rings. The molecule has 0 amide bonds. The summed E-state index contributed by atoms with van der Waals surface area (Å²) in [6, 6.07) is 2.40. The highest BCUT2D eigenvalue weighted by Crippen LogP contribution is 2.36. The third-order valence-corrected chi connectivity index (χ3v) is 2.58. The third kappa shape index (κ3) is 2.25. The zero-order valence-electron chi connectivity index (χ0n) is 7.90. The number of nitrogens with one attached hydrogen (secondary N) is 1. The minimum absolute atomic E-state index is 0.412. The molecule has 70 valence electrons. The maximum absolute atomic E-state index is 4.26.